The molecule has 0 bridgehead atoms. The van der Waals surface area contributed by atoms with E-state index in [4.69, 9.17) is 4.74 Å². The highest BCUT2D eigenvalue weighted by molar-refractivity contribution is 7.86. The molecule has 162 valence electrons. The van der Waals surface area contributed by atoms with E-state index in [0.29, 0.717) is 11.3 Å². The van der Waals surface area contributed by atoms with Crippen LogP contribution in [0.1, 0.15) is 37.6 Å². The summed E-state index contributed by atoms with van der Waals surface area (Å²) in [5.74, 6) is 1.47. The maximum Gasteiger partial charge on any atom is 0.254 e. The van der Waals surface area contributed by atoms with Crippen LogP contribution in [0, 0.1) is 0 Å². The van der Waals surface area contributed by atoms with Crippen molar-refractivity contribution in [3.05, 3.63) is 54.1 Å². The first kappa shape index (κ1) is 22.2. The Morgan fingerprint density at radius 3 is 2.33 bits per heavy atom. The Kier molecular flexibility index (Phi) is 7.37. The fourth-order valence-electron chi connectivity index (χ4n) is 4.01. The number of nitrogens with zero attached hydrogens (tertiary/aromatic N) is 2. The van der Waals surface area contributed by atoms with Crippen molar-refractivity contribution in [1.82, 2.24) is 4.90 Å². The van der Waals surface area contributed by atoms with Crippen molar-refractivity contribution in [3.8, 4) is 5.75 Å². The quantitative estimate of drug-likeness (QED) is 0.725. The van der Waals surface area contributed by atoms with Gasteiger partial charge >= 0.3 is 0 Å². The lowest BCUT2D eigenvalue weighted by molar-refractivity contribution is 0.0574. The van der Waals surface area contributed by atoms with Crippen molar-refractivity contribution in [2.45, 2.75) is 39.3 Å². The lowest BCUT2D eigenvalue weighted by Gasteiger charge is -2.45. The van der Waals surface area contributed by atoms with Crippen LogP contribution < -0.4 is 14.4 Å². The third kappa shape index (κ3) is 4.95. The van der Waals surface area contributed by atoms with Crippen molar-refractivity contribution < 1.29 is 13.7 Å². The molecule has 1 fully saturated rings. The van der Waals surface area contributed by atoms with Gasteiger partial charge in [-0.25, -0.2) is 4.21 Å². The fraction of sp³-hybridized carbons (Fsp3) is 0.435. The topological polar surface area (TPSA) is 61.9 Å². The number of para-hydroxylation sites is 2. The standard InChI is InChI=1S/C23H31N3O3S/c1-5-14-30(28)24-20-12-10-19(11-13-20)23(27)26-17(2)15-25(16-18(26)3)21-8-6-7-9-22(21)29-4/h6-13,17-18,24H,5,14-16H2,1-4H3. The van der Waals surface area contributed by atoms with Gasteiger partial charge in [-0.1, -0.05) is 19.1 Å². The largest absolute Gasteiger partial charge is 0.495 e. The van der Waals surface area contributed by atoms with Gasteiger partial charge in [-0.3, -0.25) is 4.79 Å². The van der Waals surface area contributed by atoms with Crippen LogP contribution >= 0.6 is 0 Å². The maximum atomic E-state index is 13.2. The van der Waals surface area contributed by atoms with Crippen LogP contribution in [0.3, 0.4) is 0 Å². The summed E-state index contributed by atoms with van der Waals surface area (Å²) >= 11 is 0. The Hall–Kier alpha value is -2.54. The summed E-state index contributed by atoms with van der Waals surface area (Å²) in [4.78, 5) is 17.5. The van der Waals surface area contributed by atoms with E-state index in [2.05, 4.69) is 29.5 Å². The molecule has 1 amide bonds. The number of benzene rings is 2. The molecule has 7 heteroatoms. The van der Waals surface area contributed by atoms with Crippen LogP contribution in [0.15, 0.2) is 48.5 Å². The molecule has 0 saturated carbocycles. The predicted molar refractivity (Wildman–Crippen MR) is 124 cm³/mol. The van der Waals surface area contributed by atoms with Gasteiger partial charge in [0.2, 0.25) is 0 Å². The van der Waals surface area contributed by atoms with Gasteiger partial charge < -0.3 is 19.3 Å². The SMILES string of the molecule is CCCS(=O)Nc1ccc(C(=O)N2C(C)CN(c3ccccc3OC)CC2C)cc1. The summed E-state index contributed by atoms with van der Waals surface area (Å²) in [6.07, 6.45) is 0.854. The smallest absolute Gasteiger partial charge is 0.254 e. The molecule has 30 heavy (non-hydrogen) atoms. The van der Waals surface area contributed by atoms with Crippen molar-refractivity contribution in [2.75, 3.05) is 35.6 Å². The van der Waals surface area contributed by atoms with Crippen LogP contribution in [0.5, 0.6) is 5.75 Å². The molecule has 1 saturated heterocycles. The predicted octanol–water partition coefficient (Wildman–Crippen LogP) is 3.92. The molecule has 1 aliphatic heterocycles. The van der Waals surface area contributed by atoms with Gasteiger partial charge in [0.1, 0.15) is 16.7 Å². The first-order valence-corrected chi connectivity index (χ1v) is 11.7. The average Bonchev–Trinajstić information content (AvgIpc) is 2.73. The zero-order valence-corrected chi connectivity index (χ0v) is 18.9. The molecule has 2 aromatic rings. The molecule has 1 heterocycles. The van der Waals surface area contributed by atoms with Crippen LogP contribution in [-0.4, -0.2) is 53.1 Å². The van der Waals surface area contributed by atoms with Gasteiger partial charge in [-0.15, -0.1) is 0 Å². The number of rotatable bonds is 7. The number of hydrogen-bond donors (Lipinski definition) is 1. The second kappa shape index (κ2) is 9.98. The Morgan fingerprint density at radius 2 is 1.73 bits per heavy atom. The van der Waals surface area contributed by atoms with E-state index in [1.807, 2.05) is 42.2 Å². The van der Waals surface area contributed by atoms with Gasteiger partial charge in [0.15, 0.2) is 0 Å². The molecule has 3 unspecified atom stereocenters. The molecule has 1 N–H and O–H groups in total. The molecule has 0 aromatic heterocycles. The number of ether oxygens (including phenoxy) is 1. The summed E-state index contributed by atoms with van der Waals surface area (Å²) in [7, 11) is 0.592. The highest BCUT2D eigenvalue weighted by atomic mass is 32.2. The van der Waals surface area contributed by atoms with Gasteiger partial charge in [-0.05, 0) is 56.7 Å². The molecule has 6 nitrogen and oxygen atoms in total. The number of anilines is 2. The summed E-state index contributed by atoms with van der Waals surface area (Å²) in [6, 6.07) is 15.4. The first-order valence-electron chi connectivity index (χ1n) is 10.4. The normalized spacial score (nSPS) is 20.0. The minimum absolute atomic E-state index is 0.0240. The van der Waals surface area contributed by atoms with Crippen molar-refractivity contribution >= 4 is 28.3 Å². The average molecular weight is 430 g/mol. The van der Waals surface area contributed by atoms with E-state index in [-0.39, 0.29) is 18.0 Å². The highest BCUT2D eigenvalue weighted by Gasteiger charge is 2.34. The van der Waals surface area contributed by atoms with Crippen molar-refractivity contribution in [2.24, 2.45) is 0 Å². The monoisotopic (exact) mass is 429 g/mol. The molecule has 0 radical (unpaired) electrons. The van der Waals surface area contributed by atoms with Crippen LogP contribution in [-0.2, 0) is 11.0 Å². The van der Waals surface area contributed by atoms with Gasteiger partial charge in [0, 0.05) is 42.2 Å². The molecule has 2 aromatic carbocycles. The minimum Gasteiger partial charge on any atom is -0.495 e. The molecule has 3 atom stereocenters. The lowest BCUT2D eigenvalue weighted by atomic mass is 10.0. The van der Waals surface area contributed by atoms with Crippen LogP contribution in [0.2, 0.25) is 0 Å². The highest BCUT2D eigenvalue weighted by Crippen LogP contribution is 2.31. The maximum absolute atomic E-state index is 13.2. The summed E-state index contributed by atoms with van der Waals surface area (Å²) in [6.45, 7) is 7.65. The second-order valence-corrected chi connectivity index (χ2v) is 9.02. The number of carbonyl (C=O) groups is 1. The van der Waals surface area contributed by atoms with Crippen LogP contribution in [0.25, 0.3) is 0 Å². The number of carbonyl (C=O) groups excluding carboxylic acids is 1. The number of hydrogen-bond acceptors (Lipinski definition) is 4. The molecule has 1 aliphatic rings. The Labute approximate surface area is 181 Å². The lowest BCUT2D eigenvalue weighted by Crippen LogP contribution is -2.58. The van der Waals surface area contributed by atoms with Crippen LogP contribution in [0.4, 0.5) is 11.4 Å². The molecule has 3 rings (SSSR count). The molecule has 0 aliphatic carbocycles. The zero-order chi connectivity index (χ0) is 21.7. The second-order valence-electron chi connectivity index (χ2n) is 7.72. The first-order chi connectivity index (χ1) is 14.4. The fourth-order valence-corrected chi connectivity index (χ4v) is 4.88. The molecule has 0 spiro atoms. The van der Waals surface area contributed by atoms with E-state index in [1.165, 1.54) is 0 Å². The summed E-state index contributed by atoms with van der Waals surface area (Å²) in [5.41, 5.74) is 2.47. The minimum atomic E-state index is -1.09. The number of piperazine rings is 1. The molecular formula is C23H31N3O3S. The van der Waals surface area contributed by atoms with E-state index in [0.717, 1.165) is 36.6 Å². The number of methoxy groups -OCH3 is 1. The zero-order valence-electron chi connectivity index (χ0n) is 18.1. The number of nitrogens with one attached hydrogen (secondary N) is 1. The van der Waals surface area contributed by atoms with E-state index >= 15 is 0 Å². The Bertz CT molecular complexity index is 876. The van der Waals surface area contributed by atoms with E-state index in [9.17, 15) is 9.00 Å². The Balaban J connectivity index is 1.70. The van der Waals surface area contributed by atoms with Crippen molar-refractivity contribution in [1.29, 1.82) is 0 Å². The van der Waals surface area contributed by atoms with Gasteiger partial charge in [0.25, 0.3) is 5.91 Å². The third-order valence-electron chi connectivity index (χ3n) is 5.33. The summed E-state index contributed by atoms with van der Waals surface area (Å²) < 4.78 is 20.4. The Morgan fingerprint density at radius 1 is 1.10 bits per heavy atom. The van der Waals surface area contributed by atoms with Gasteiger partial charge in [0.05, 0.1) is 12.8 Å². The molecular weight excluding hydrogens is 398 g/mol. The summed E-state index contributed by atoms with van der Waals surface area (Å²) in [5, 5.41) is 0. The third-order valence-corrected chi connectivity index (χ3v) is 6.57. The van der Waals surface area contributed by atoms with E-state index in [1.54, 1.807) is 19.2 Å². The van der Waals surface area contributed by atoms with Gasteiger partial charge in [-0.2, -0.15) is 0 Å². The van der Waals surface area contributed by atoms with E-state index < -0.39 is 11.0 Å². The van der Waals surface area contributed by atoms with Crippen molar-refractivity contribution in [3.63, 3.8) is 0 Å². The number of amides is 1.